The predicted octanol–water partition coefficient (Wildman–Crippen LogP) is 8.55. The molecule has 0 bridgehead atoms. The Hall–Kier alpha value is -2.33. The molecular weight excluding hydrogens is 424 g/mol. The number of aromatic carboxylic acids is 1. The van der Waals surface area contributed by atoms with Crippen LogP contribution in [-0.4, -0.2) is 19.4 Å². The van der Waals surface area contributed by atoms with E-state index in [0.29, 0.717) is 5.56 Å². The zero-order chi connectivity index (χ0) is 24.4. The first-order chi connectivity index (χ1) is 15.3. The molecule has 3 rings (SSSR count). The van der Waals surface area contributed by atoms with Gasteiger partial charge in [0.15, 0.2) is 0 Å². The molecule has 33 heavy (non-hydrogen) atoms. The summed E-state index contributed by atoms with van der Waals surface area (Å²) < 4.78 is 6.87. The van der Waals surface area contributed by atoms with Crippen molar-refractivity contribution in [2.45, 2.75) is 90.3 Å². The third-order valence-corrected chi connectivity index (χ3v) is 12.1. The van der Waals surface area contributed by atoms with Crippen molar-refractivity contribution in [1.29, 1.82) is 0 Å². The summed E-state index contributed by atoms with van der Waals surface area (Å²) in [4.78, 5) is 11.1. The van der Waals surface area contributed by atoms with Crippen LogP contribution in [0, 0.1) is 0 Å². The van der Waals surface area contributed by atoms with Gasteiger partial charge in [0.05, 0.1) is 5.56 Å². The van der Waals surface area contributed by atoms with Crippen LogP contribution in [0.5, 0.6) is 5.75 Å². The minimum Gasteiger partial charge on any atom is -0.543 e. The Morgan fingerprint density at radius 3 is 2.12 bits per heavy atom. The maximum Gasteiger partial charge on any atom is 0.335 e. The van der Waals surface area contributed by atoms with Gasteiger partial charge in [0, 0.05) is 0 Å². The predicted molar refractivity (Wildman–Crippen MR) is 142 cm³/mol. The SMILES string of the molecule is C/C(=C/c1ccc(C(=O)O)cc1)c1ccc(O[Si](C)(C)C(C)(C)C)c(C2(C)CCCCC2)c1. The largest absolute Gasteiger partial charge is 0.543 e. The van der Waals surface area contributed by atoms with Gasteiger partial charge in [-0.25, -0.2) is 4.79 Å². The fraction of sp³-hybridized carbons (Fsp3) is 0.483. The molecule has 2 aromatic carbocycles. The molecule has 0 spiro atoms. The standard InChI is InChI=1S/C29H40O3Si/c1-21(19-22-11-13-23(14-12-22)27(30)31)24-15-16-26(32-33(6,7)28(2,3)4)25(20-24)29(5)17-9-8-10-18-29/h11-16,19-20H,8-10,17-18H2,1-7H3,(H,30,31)/b21-19-. The number of allylic oxidation sites excluding steroid dienone is 1. The fourth-order valence-corrected chi connectivity index (χ4v) is 5.45. The third-order valence-electron chi connectivity index (χ3n) is 7.75. The van der Waals surface area contributed by atoms with Crippen LogP contribution in [0.4, 0.5) is 0 Å². The Morgan fingerprint density at radius 1 is 1.00 bits per heavy atom. The molecule has 0 amide bonds. The lowest BCUT2D eigenvalue weighted by Gasteiger charge is -2.40. The van der Waals surface area contributed by atoms with E-state index in [2.05, 4.69) is 72.0 Å². The van der Waals surface area contributed by atoms with Gasteiger partial charge in [-0.2, -0.15) is 0 Å². The molecule has 0 atom stereocenters. The van der Waals surface area contributed by atoms with Crippen LogP contribution in [0.2, 0.25) is 18.1 Å². The molecule has 0 heterocycles. The topological polar surface area (TPSA) is 46.5 Å². The van der Waals surface area contributed by atoms with E-state index in [1.165, 1.54) is 43.2 Å². The third kappa shape index (κ3) is 5.78. The van der Waals surface area contributed by atoms with E-state index in [9.17, 15) is 4.79 Å². The number of benzene rings is 2. The van der Waals surface area contributed by atoms with Gasteiger partial charge in [0.25, 0.3) is 0 Å². The lowest BCUT2D eigenvalue weighted by Crippen LogP contribution is -2.44. The van der Waals surface area contributed by atoms with Crippen LogP contribution < -0.4 is 4.43 Å². The second-order valence-electron chi connectivity index (χ2n) is 11.4. The van der Waals surface area contributed by atoms with Crippen molar-refractivity contribution in [3.05, 3.63) is 64.7 Å². The summed E-state index contributed by atoms with van der Waals surface area (Å²) in [7, 11) is -1.96. The first kappa shape index (κ1) is 25.3. The molecule has 1 aliphatic carbocycles. The van der Waals surface area contributed by atoms with Crippen molar-refractivity contribution < 1.29 is 14.3 Å². The van der Waals surface area contributed by atoms with Crippen molar-refractivity contribution >= 4 is 25.9 Å². The van der Waals surface area contributed by atoms with Crippen molar-refractivity contribution in [3.8, 4) is 5.75 Å². The van der Waals surface area contributed by atoms with Crippen molar-refractivity contribution in [3.63, 3.8) is 0 Å². The number of rotatable bonds is 6. The van der Waals surface area contributed by atoms with Crippen LogP contribution in [0.1, 0.15) is 93.8 Å². The number of carboxylic acids is 1. The zero-order valence-electron chi connectivity index (χ0n) is 21.4. The van der Waals surface area contributed by atoms with E-state index in [4.69, 9.17) is 9.53 Å². The van der Waals surface area contributed by atoms with Gasteiger partial charge in [-0.05, 0) is 89.8 Å². The lowest BCUT2D eigenvalue weighted by molar-refractivity contribution is 0.0697. The molecule has 1 aliphatic rings. The quantitative estimate of drug-likeness (QED) is 0.344. The highest BCUT2D eigenvalue weighted by Crippen LogP contribution is 2.46. The number of carboxylic acid groups (broad SMARTS) is 1. The number of hydrogen-bond acceptors (Lipinski definition) is 2. The smallest absolute Gasteiger partial charge is 0.335 e. The van der Waals surface area contributed by atoms with Crippen LogP contribution in [0.25, 0.3) is 11.6 Å². The fourth-order valence-electron chi connectivity index (χ4n) is 4.42. The van der Waals surface area contributed by atoms with Gasteiger partial charge >= 0.3 is 5.97 Å². The summed E-state index contributed by atoms with van der Waals surface area (Å²) in [6.45, 7) is 16.0. The second-order valence-corrected chi connectivity index (χ2v) is 16.2. The van der Waals surface area contributed by atoms with E-state index in [1.54, 1.807) is 12.1 Å². The molecule has 178 valence electrons. The Morgan fingerprint density at radius 2 is 1.58 bits per heavy atom. The Bertz CT molecular complexity index is 1020. The van der Waals surface area contributed by atoms with E-state index in [0.717, 1.165) is 16.9 Å². The average molecular weight is 465 g/mol. The van der Waals surface area contributed by atoms with Crippen LogP contribution in [-0.2, 0) is 5.41 Å². The minimum absolute atomic E-state index is 0.134. The Balaban J connectivity index is 2.01. The number of hydrogen-bond donors (Lipinski definition) is 1. The van der Waals surface area contributed by atoms with Gasteiger partial charge in [0.1, 0.15) is 5.75 Å². The molecule has 1 N–H and O–H groups in total. The highest BCUT2D eigenvalue weighted by atomic mass is 28.4. The van der Waals surface area contributed by atoms with Crippen molar-refractivity contribution in [2.75, 3.05) is 0 Å². The monoisotopic (exact) mass is 464 g/mol. The molecule has 4 heteroatoms. The van der Waals surface area contributed by atoms with Crippen LogP contribution >= 0.6 is 0 Å². The summed E-state index contributed by atoms with van der Waals surface area (Å²) in [5.74, 6) is 0.165. The first-order valence-electron chi connectivity index (χ1n) is 12.2. The summed E-state index contributed by atoms with van der Waals surface area (Å²) in [5.41, 5.74) is 5.15. The van der Waals surface area contributed by atoms with E-state index >= 15 is 0 Å². The van der Waals surface area contributed by atoms with Gasteiger partial charge in [0.2, 0.25) is 8.32 Å². The minimum atomic E-state index is -1.96. The van der Waals surface area contributed by atoms with Crippen LogP contribution in [0.3, 0.4) is 0 Å². The maximum absolute atomic E-state index is 11.1. The Kier molecular flexibility index (Phi) is 7.28. The van der Waals surface area contributed by atoms with Crippen molar-refractivity contribution in [2.24, 2.45) is 0 Å². The molecular formula is C29H40O3Si. The molecule has 0 aliphatic heterocycles. The number of carbonyl (C=O) groups is 1. The van der Waals surface area contributed by atoms with E-state index in [-0.39, 0.29) is 10.5 Å². The van der Waals surface area contributed by atoms with E-state index in [1.807, 2.05) is 12.1 Å². The summed E-state index contributed by atoms with van der Waals surface area (Å²) in [6, 6.07) is 13.8. The molecule has 3 nitrogen and oxygen atoms in total. The highest BCUT2D eigenvalue weighted by Gasteiger charge is 2.41. The molecule has 0 aromatic heterocycles. The van der Waals surface area contributed by atoms with Gasteiger partial charge in [-0.1, -0.05) is 71.2 Å². The van der Waals surface area contributed by atoms with Crippen LogP contribution in [0.15, 0.2) is 42.5 Å². The van der Waals surface area contributed by atoms with Gasteiger partial charge in [-0.3, -0.25) is 0 Å². The second kappa shape index (κ2) is 9.50. The summed E-state index contributed by atoms with van der Waals surface area (Å²) in [5, 5.41) is 9.29. The summed E-state index contributed by atoms with van der Waals surface area (Å²) in [6.07, 6.45) is 8.38. The zero-order valence-corrected chi connectivity index (χ0v) is 22.4. The Labute approximate surface area is 201 Å². The van der Waals surface area contributed by atoms with Gasteiger partial charge in [-0.15, -0.1) is 0 Å². The lowest BCUT2D eigenvalue weighted by atomic mass is 9.70. The highest BCUT2D eigenvalue weighted by molar-refractivity contribution is 6.74. The molecule has 0 unspecified atom stereocenters. The molecule has 1 saturated carbocycles. The molecule has 1 fully saturated rings. The van der Waals surface area contributed by atoms with E-state index < -0.39 is 14.3 Å². The molecule has 2 aromatic rings. The van der Waals surface area contributed by atoms with Crippen molar-refractivity contribution in [1.82, 2.24) is 0 Å². The average Bonchev–Trinajstić information content (AvgIpc) is 2.73. The van der Waals surface area contributed by atoms with Gasteiger partial charge < -0.3 is 9.53 Å². The molecule has 0 saturated heterocycles. The molecule has 0 radical (unpaired) electrons. The normalized spacial score (nSPS) is 17.0. The maximum atomic E-state index is 11.1. The summed E-state index contributed by atoms with van der Waals surface area (Å²) >= 11 is 0. The first-order valence-corrected chi connectivity index (χ1v) is 15.1.